The number of carbonyl (C=O) groups excluding carboxylic acids is 1. The molecule has 0 radical (unpaired) electrons. The van der Waals surface area contributed by atoms with Gasteiger partial charge in [0.15, 0.2) is 0 Å². The van der Waals surface area contributed by atoms with Crippen molar-refractivity contribution < 1.29 is 9.53 Å². The number of rotatable bonds is 6. The number of amides is 1. The zero-order valence-corrected chi connectivity index (χ0v) is 8.01. The highest BCUT2D eigenvalue weighted by molar-refractivity contribution is 6.62. The Kier molecular flexibility index (Phi) is 6.81. The molecule has 0 rings (SSSR count). The van der Waals surface area contributed by atoms with Crippen LogP contribution in [0.15, 0.2) is 12.7 Å². The molecule has 0 heterocycles. The van der Waals surface area contributed by atoms with E-state index in [0.29, 0.717) is 26.3 Å². The van der Waals surface area contributed by atoms with Gasteiger partial charge < -0.3 is 9.64 Å². The lowest BCUT2D eigenvalue weighted by molar-refractivity contribution is 0.127. The van der Waals surface area contributed by atoms with Gasteiger partial charge in [-0.2, -0.15) is 0 Å². The zero-order valence-electron chi connectivity index (χ0n) is 7.25. The minimum atomic E-state index is -0.463. The molecular weight excluding hydrogens is 178 g/mol. The smallest absolute Gasteiger partial charge is 0.316 e. The Hall–Kier alpha value is -0.540. The van der Waals surface area contributed by atoms with Gasteiger partial charge >= 0.3 is 5.37 Å². The van der Waals surface area contributed by atoms with Gasteiger partial charge in [-0.3, -0.25) is 4.79 Å². The van der Waals surface area contributed by atoms with Crippen molar-refractivity contribution in [3.63, 3.8) is 0 Å². The van der Waals surface area contributed by atoms with Crippen LogP contribution in [-0.4, -0.2) is 36.6 Å². The van der Waals surface area contributed by atoms with Gasteiger partial charge in [-0.15, -0.1) is 6.58 Å². The first-order valence-electron chi connectivity index (χ1n) is 3.85. The number of hydrogen-bond donors (Lipinski definition) is 0. The third kappa shape index (κ3) is 5.16. The predicted octanol–water partition coefficient (Wildman–Crippen LogP) is 1.87. The Morgan fingerprint density at radius 3 is 2.83 bits per heavy atom. The van der Waals surface area contributed by atoms with Gasteiger partial charge in [0.25, 0.3) is 0 Å². The van der Waals surface area contributed by atoms with Crippen LogP contribution in [0.1, 0.15) is 6.92 Å². The molecule has 0 aliphatic rings. The van der Waals surface area contributed by atoms with Crippen molar-refractivity contribution in [2.75, 3.05) is 26.3 Å². The van der Waals surface area contributed by atoms with Gasteiger partial charge in [-0.1, -0.05) is 6.08 Å². The van der Waals surface area contributed by atoms with Crippen LogP contribution in [0.5, 0.6) is 0 Å². The maximum Gasteiger partial charge on any atom is 0.316 e. The third-order valence-electron chi connectivity index (χ3n) is 1.31. The van der Waals surface area contributed by atoms with Crippen molar-refractivity contribution in [1.29, 1.82) is 0 Å². The van der Waals surface area contributed by atoms with E-state index in [0.717, 1.165) is 0 Å². The summed E-state index contributed by atoms with van der Waals surface area (Å²) in [6.07, 6.45) is 1.63. The average molecular weight is 192 g/mol. The second kappa shape index (κ2) is 7.13. The van der Waals surface area contributed by atoms with Crippen LogP contribution in [0, 0.1) is 0 Å². The van der Waals surface area contributed by atoms with Gasteiger partial charge in [0.1, 0.15) is 0 Å². The second-order valence-corrected chi connectivity index (χ2v) is 2.51. The Balaban J connectivity index is 3.63. The van der Waals surface area contributed by atoms with E-state index < -0.39 is 5.37 Å². The SMILES string of the molecule is C=CCN(CCOCC)C(=O)Cl. The molecule has 70 valence electrons. The molecule has 0 atom stereocenters. The van der Waals surface area contributed by atoms with Crippen LogP contribution in [0.4, 0.5) is 4.79 Å². The molecule has 0 spiro atoms. The highest BCUT2D eigenvalue weighted by atomic mass is 35.5. The standard InChI is InChI=1S/C8H14ClNO2/c1-3-5-10(8(9)11)6-7-12-4-2/h3H,1,4-7H2,2H3. The normalized spacial score (nSPS) is 9.50. The summed E-state index contributed by atoms with van der Waals surface area (Å²) < 4.78 is 5.07. The van der Waals surface area contributed by atoms with Crippen molar-refractivity contribution in [3.8, 4) is 0 Å². The summed E-state index contributed by atoms with van der Waals surface area (Å²) in [6.45, 7) is 7.57. The van der Waals surface area contributed by atoms with Gasteiger partial charge in [0, 0.05) is 19.7 Å². The van der Waals surface area contributed by atoms with Crippen molar-refractivity contribution in [2.45, 2.75) is 6.92 Å². The van der Waals surface area contributed by atoms with E-state index in [1.54, 1.807) is 6.08 Å². The molecule has 4 heteroatoms. The predicted molar refractivity (Wildman–Crippen MR) is 49.5 cm³/mol. The number of halogens is 1. The van der Waals surface area contributed by atoms with Gasteiger partial charge in [-0.25, -0.2) is 0 Å². The molecule has 0 aliphatic heterocycles. The fraction of sp³-hybridized carbons (Fsp3) is 0.625. The molecular formula is C8H14ClNO2. The minimum Gasteiger partial charge on any atom is -0.380 e. The van der Waals surface area contributed by atoms with Gasteiger partial charge in [-0.05, 0) is 18.5 Å². The number of hydrogen-bond acceptors (Lipinski definition) is 2. The van der Waals surface area contributed by atoms with E-state index in [4.69, 9.17) is 16.3 Å². The Labute approximate surface area is 77.9 Å². The van der Waals surface area contributed by atoms with Crippen LogP contribution >= 0.6 is 11.6 Å². The molecule has 0 N–H and O–H groups in total. The van der Waals surface area contributed by atoms with E-state index in [1.165, 1.54) is 4.90 Å². The van der Waals surface area contributed by atoms with Crippen LogP contribution in [-0.2, 0) is 4.74 Å². The first-order chi connectivity index (χ1) is 5.72. The molecule has 0 saturated heterocycles. The highest BCUT2D eigenvalue weighted by Gasteiger charge is 2.07. The molecule has 0 bridgehead atoms. The van der Waals surface area contributed by atoms with Crippen LogP contribution in [0.2, 0.25) is 0 Å². The van der Waals surface area contributed by atoms with Crippen LogP contribution < -0.4 is 0 Å². The van der Waals surface area contributed by atoms with E-state index in [2.05, 4.69) is 6.58 Å². The van der Waals surface area contributed by atoms with Crippen LogP contribution in [0.3, 0.4) is 0 Å². The zero-order chi connectivity index (χ0) is 9.40. The topological polar surface area (TPSA) is 29.5 Å². The third-order valence-corrected chi connectivity index (χ3v) is 1.55. The number of nitrogens with zero attached hydrogens (tertiary/aromatic N) is 1. The lowest BCUT2D eigenvalue weighted by Gasteiger charge is -2.16. The summed E-state index contributed by atoms with van der Waals surface area (Å²) in [4.78, 5) is 12.2. The molecule has 0 aliphatic carbocycles. The Morgan fingerprint density at radius 1 is 1.75 bits per heavy atom. The largest absolute Gasteiger partial charge is 0.380 e. The number of ether oxygens (including phenoxy) is 1. The number of carbonyl (C=O) groups is 1. The van der Waals surface area contributed by atoms with Crippen molar-refractivity contribution in [1.82, 2.24) is 4.90 Å². The minimum absolute atomic E-state index is 0.463. The van der Waals surface area contributed by atoms with Crippen molar-refractivity contribution >= 4 is 17.0 Å². The molecule has 0 aromatic heterocycles. The van der Waals surface area contributed by atoms with Crippen LogP contribution in [0.25, 0.3) is 0 Å². The maximum absolute atomic E-state index is 10.7. The van der Waals surface area contributed by atoms with E-state index in [1.807, 2.05) is 6.92 Å². The van der Waals surface area contributed by atoms with Gasteiger partial charge in [0.05, 0.1) is 6.61 Å². The first-order valence-corrected chi connectivity index (χ1v) is 4.23. The fourth-order valence-corrected chi connectivity index (χ4v) is 0.879. The van der Waals surface area contributed by atoms with E-state index >= 15 is 0 Å². The molecule has 0 unspecified atom stereocenters. The van der Waals surface area contributed by atoms with Crippen molar-refractivity contribution in [2.24, 2.45) is 0 Å². The molecule has 12 heavy (non-hydrogen) atoms. The maximum atomic E-state index is 10.7. The average Bonchev–Trinajstić information content (AvgIpc) is 2.03. The summed E-state index contributed by atoms with van der Waals surface area (Å²) in [6, 6.07) is 0. The fourth-order valence-electron chi connectivity index (χ4n) is 0.726. The summed E-state index contributed by atoms with van der Waals surface area (Å²) in [5, 5.41) is -0.463. The summed E-state index contributed by atoms with van der Waals surface area (Å²) in [5.41, 5.74) is 0. The van der Waals surface area contributed by atoms with E-state index in [-0.39, 0.29) is 0 Å². The monoisotopic (exact) mass is 191 g/mol. The quantitative estimate of drug-likeness (QED) is 0.278. The Bertz CT molecular complexity index is 150. The molecule has 0 aromatic rings. The highest BCUT2D eigenvalue weighted by Crippen LogP contribution is 1.96. The molecule has 0 saturated carbocycles. The first kappa shape index (κ1) is 11.5. The summed E-state index contributed by atoms with van der Waals surface area (Å²) >= 11 is 5.29. The molecule has 3 nitrogen and oxygen atoms in total. The molecule has 1 amide bonds. The second-order valence-electron chi connectivity index (χ2n) is 2.18. The van der Waals surface area contributed by atoms with E-state index in [9.17, 15) is 4.79 Å². The van der Waals surface area contributed by atoms with Gasteiger partial charge in [0.2, 0.25) is 0 Å². The lowest BCUT2D eigenvalue weighted by atomic mass is 10.5. The summed E-state index contributed by atoms with van der Waals surface area (Å²) in [5.74, 6) is 0. The Morgan fingerprint density at radius 2 is 2.42 bits per heavy atom. The molecule has 0 fully saturated rings. The summed E-state index contributed by atoms with van der Waals surface area (Å²) in [7, 11) is 0. The molecule has 0 aromatic carbocycles. The van der Waals surface area contributed by atoms with Crippen molar-refractivity contribution in [3.05, 3.63) is 12.7 Å². The lowest BCUT2D eigenvalue weighted by Crippen LogP contribution is -2.30.